The van der Waals surface area contributed by atoms with Crippen LogP contribution in [-0.2, 0) is 16.6 Å². The largest absolute Gasteiger partial charge is 0.383 e. The molecule has 8 heteroatoms. The SMILES string of the molecule is Nc1ncccc1CNS(=O)(=O)c1cccc(C(=O)N2CCC2)c1. The lowest BCUT2D eigenvalue weighted by Crippen LogP contribution is -2.42. The molecule has 0 radical (unpaired) electrons. The molecule has 1 fully saturated rings. The summed E-state index contributed by atoms with van der Waals surface area (Å²) in [5.74, 6) is 0.136. The van der Waals surface area contributed by atoms with E-state index in [1.807, 2.05) is 0 Å². The highest BCUT2D eigenvalue weighted by Gasteiger charge is 2.23. The van der Waals surface area contributed by atoms with Gasteiger partial charge in [-0.1, -0.05) is 12.1 Å². The Balaban J connectivity index is 1.77. The summed E-state index contributed by atoms with van der Waals surface area (Å²) in [6.07, 6.45) is 2.52. The molecule has 7 nitrogen and oxygen atoms in total. The second kappa shape index (κ2) is 6.58. The van der Waals surface area contributed by atoms with Gasteiger partial charge in [-0.2, -0.15) is 0 Å². The second-order valence-electron chi connectivity index (χ2n) is 5.55. The number of sulfonamides is 1. The number of benzene rings is 1. The minimum atomic E-state index is -3.75. The van der Waals surface area contributed by atoms with Gasteiger partial charge in [0, 0.05) is 37.0 Å². The first-order valence-corrected chi connectivity index (χ1v) is 9.04. The Labute approximate surface area is 140 Å². The number of rotatable bonds is 5. The van der Waals surface area contributed by atoms with E-state index in [2.05, 4.69) is 9.71 Å². The highest BCUT2D eigenvalue weighted by molar-refractivity contribution is 7.89. The third-order valence-electron chi connectivity index (χ3n) is 3.91. The number of hydrogen-bond acceptors (Lipinski definition) is 5. The highest BCUT2D eigenvalue weighted by atomic mass is 32.2. The second-order valence-corrected chi connectivity index (χ2v) is 7.31. The average molecular weight is 346 g/mol. The summed E-state index contributed by atoms with van der Waals surface area (Å²) in [4.78, 5) is 17.9. The number of carbonyl (C=O) groups is 1. The molecule has 126 valence electrons. The molecule has 3 N–H and O–H groups in total. The molecule has 0 aliphatic carbocycles. The number of carbonyl (C=O) groups excluding carboxylic acids is 1. The number of likely N-dealkylation sites (tertiary alicyclic amines) is 1. The van der Waals surface area contributed by atoms with Crippen molar-refractivity contribution in [1.82, 2.24) is 14.6 Å². The zero-order chi connectivity index (χ0) is 17.2. The number of nitrogens with zero attached hydrogens (tertiary/aromatic N) is 2. The summed E-state index contributed by atoms with van der Waals surface area (Å²) in [6.45, 7) is 1.47. The Hall–Kier alpha value is -2.45. The van der Waals surface area contributed by atoms with E-state index in [4.69, 9.17) is 5.73 Å². The molecule has 0 atom stereocenters. The molecule has 0 spiro atoms. The lowest BCUT2D eigenvalue weighted by Gasteiger charge is -2.31. The van der Waals surface area contributed by atoms with Crippen molar-refractivity contribution < 1.29 is 13.2 Å². The van der Waals surface area contributed by atoms with Gasteiger partial charge in [0.15, 0.2) is 0 Å². The van der Waals surface area contributed by atoms with Crippen LogP contribution in [0.5, 0.6) is 0 Å². The quantitative estimate of drug-likeness (QED) is 0.840. The zero-order valence-electron chi connectivity index (χ0n) is 13.0. The van der Waals surface area contributed by atoms with Gasteiger partial charge in [0.2, 0.25) is 10.0 Å². The van der Waals surface area contributed by atoms with Gasteiger partial charge in [-0.3, -0.25) is 4.79 Å². The van der Waals surface area contributed by atoms with Gasteiger partial charge in [-0.15, -0.1) is 0 Å². The van der Waals surface area contributed by atoms with E-state index in [1.165, 1.54) is 18.3 Å². The average Bonchev–Trinajstić information content (AvgIpc) is 2.52. The van der Waals surface area contributed by atoms with Gasteiger partial charge < -0.3 is 10.6 Å². The van der Waals surface area contributed by atoms with Crippen molar-refractivity contribution in [2.24, 2.45) is 0 Å². The molecule has 1 saturated heterocycles. The fourth-order valence-corrected chi connectivity index (χ4v) is 3.41. The number of pyridine rings is 1. The van der Waals surface area contributed by atoms with Crippen LogP contribution in [-0.4, -0.2) is 37.3 Å². The first-order chi connectivity index (χ1) is 11.5. The molecular formula is C16H18N4O3S. The van der Waals surface area contributed by atoms with Gasteiger partial charge in [0.05, 0.1) is 4.90 Å². The van der Waals surface area contributed by atoms with E-state index in [1.54, 1.807) is 29.2 Å². The topological polar surface area (TPSA) is 105 Å². The maximum atomic E-state index is 12.4. The van der Waals surface area contributed by atoms with Crippen molar-refractivity contribution in [3.8, 4) is 0 Å². The maximum absolute atomic E-state index is 12.4. The first kappa shape index (κ1) is 16.4. The van der Waals surface area contributed by atoms with Crippen LogP contribution in [0, 0.1) is 0 Å². The summed E-state index contributed by atoms with van der Waals surface area (Å²) in [5, 5.41) is 0. The van der Waals surface area contributed by atoms with Crippen molar-refractivity contribution >= 4 is 21.7 Å². The molecule has 0 saturated carbocycles. The van der Waals surface area contributed by atoms with E-state index < -0.39 is 10.0 Å². The predicted octanol–water partition coefficient (Wildman–Crippen LogP) is 0.988. The number of nitrogen functional groups attached to an aromatic ring is 1. The normalized spacial score (nSPS) is 14.2. The third-order valence-corrected chi connectivity index (χ3v) is 5.31. The summed E-state index contributed by atoms with van der Waals surface area (Å²) < 4.78 is 27.4. The Morgan fingerprint density at radius 1 is 1.25 bits per heavy atom. The number of nitrogens with two attached hydrogens (primary N) is 1. The molecule has 2 aromatic rings. The lowest BCUT2D eigenvalue weighted by atomic mass is 10.1. The molecule has 1 aromatic heterocycles. The van der Waals surface area contributed by atoms with Crippen LogP contribution in [0.3, 0.4) is 0 Å². The molecule has 24 heavy (non-hydrogen) atoms. The van der Waals surface area contributed by atoms with E-state index in [0.717, 1.165) is 6.42 Å². The van der Waals surface area contributed by atoms with Gasteiger partial charge in [-0.05, 0) is 30.7 Å². The zero-order valence-corrected chi connectivity index (χ0v) is 13.8. The summed E-state index contributed by atoms with van der Waals surface area (Å²) >= 11 is 0. The van der Waals surface area contributed by atoms with E-state index in [-0.39, 0.29) is 23.2 Å². The van der Waals surface area contributed by atoms with Crippen LogP contribution < -0.4 is 10.5 Å². The number of nitrogens with one attached hydrogen (secondary N) is 1. The Kier molecular flexibility index (Phi) is 4.50. The molecule has 0 unspecified atom stereocenters. The number of anilines is 1. The molecule has 3 rings (SSSR count). The number of aromatic nitrogens is 1. The Morgan fingerprint density at radius 3 is 2.71 bits per heavy atom. The van der Waals surface area contributed by atoms with Crippen molar-refractivity contribution in [3.63, 3.8) is 0 Å². The van der Waals surface area contributed by atoms with Crippen molar-refractivity contribution in [2.45, 2.75) is 17.9 Å². The monoisotopic (exact) mass is 346 g/mol. The lowest BCUT2D eigenvalue weighted by molar-refractivity contribution is 0.0651. The van der Waals surface area contributed by atoms with Crippen molar-refractivity contribution in [1.29, 1.82) is 0 Å². The van der Waals surface area contributed by atoms with Crippen molar-refractivity contribution in [3.05, 3.63) is 53.7 Å². The minimum absolute atomic E-state index is 0.0340. The number of hydrogen-bond donors (Lipinski definition) is 2. The van der Waals surface area contributed by atoms with Crippen LogP contribution in [0.4, 0.5) is 5.82 Å². The van der Waals surface area contributed by atoms with Crippen LogP contribution in [0.15, 0.2) is 47.5 Å². The molecule has 1 aliphatic rings. The Bertz CT molecular complexity index is 863. The van der Waals surface area contributed by atoms with Gasteiger partial charge in [0.1, 0.15) is 5.82 Å². The van der Waals surface area contributed by atoms with Crippen LogP contribution in [0.1, 0.15) is 22.3 Å². The first-order valence-electron chi connectivity index (χ1n) is 7.56. The molecular weight excluding hydrogens is 328 g/mol. The van der Waals surface area contributed by atoms with Gasteiger partial charge in [0.25, 0.3) is 5.91 Å². The molecule has 1 aromatic carbocycles. The molecule has 1 amide bonds. The van der Waals surface area contributed by atoms with Crippen molar-refractivity contribution in [2.75, 3.05) is 18.8 Å². The highest BCUT2D eigenvalue weighted by Crippen LogP contribution is 2.17. The molecule has 2 heterocycles. The predicted molar refractivity (Wildman–Crippen MR) is 89.6 cm³/mol. The van der Waals surface area contributed by atoms with Crippen LogP contribution in [0.25, 0.3) is 0 Å². The van der Waals surface area contributed by atoms with Gasteiger partial charge >= 0.3 is 0 Å². The summed E-state index contributed by atoms with van der Waals surface area (Å²) in [7, 11) is -3.75. The van der Waals surface area contributed by atoms with E-state index >= 15 is 0 Å². The minimum Gasteiger partial charge on any atom is -0.383 e. The van der Waals surface area contributed by atoms with Gasteiger partial charge in [-0.25, -0.2) is 18.1 Å². The van der Waals surface area contributed by atoms with E-state index in [9.17, 15) is 13.2 Å². The molecule has 0 bridgehead atoms. The fraction of sp³-hybridized carbons (Fsp3) is 0.250. The standard InChI is InChI=1S/C16H18N4O3S/c17-15-13(5-2-7-18-15)11-19-24(22,23)14-6-1-4-12(10-14)16(21)20-8-3-9-20/h1-2,4-7,10,19H,3,8-9,11H2,(H2,17,18). The van der Waals surface area contributed by atoms with Crippen LogP contribution >= 0.6 is 0 Å². The Morgan fingerprint density at radius 2 is 2.04 bits per heavy atom. The fourth-order valence-electron chi connectivity index (χ4n) is 2.35. The van der Waals surface area contributed by atoms with Crippen LogP contribution in [0.2, 0.25) is 0 Å². The third kappa shape index (κ3) is 3.39. The van der Waals surface area contributed by atoms with E-state index in [0.29, 0.717) is 24.2 Å². The molecule has 1 aliphatic heterocycles. The summed E-state index contributed by atoms with van der Waals surface area (Å²) in [6, 6.07) is 9.44. The number of amides is 1. The maximum Gasteiger partial charge on any atom is 0.253 e. The smallest absolute Gasteiger partial charge is 0.253 e. The summed E-state index contributed by atoms with van der Waals surface area (Å²) in [5.41, 5.74) is 6.68.